The summed E-state index contributed by atoms with van der Waals surface area (Å²) >= 11 is 0. The lowest BCUT2D eigenvalue weighted by Crippen LogP contribution is -2.30. The van der Waals surface area contributed by atoms with Gasteiger partial charge in [-0.2, -0.15) is 0 Å². The summed E-state index contributed by atoms with van der Waals surface area (Å²) < 4.78 is 0. The van der Waals surface area contributed by atoms with Crippen molar-refractivity contribution in [2.45, 2.75) is 45.6 Å². The third kappa shape index (κ3) is 2.66. The average Bonchev–Trinajstić information content (AvgIpc) is 2.38. The summed E-state index contributed by atoms with van der Waals surface area (Å²) in [7, 11) is 0. The molecule has 2 unspecified atom stereocenters. The molecule has 3 heteroatoms. The van der Waals surface area contributed by atoms with Crippen LogP contribution in [0.3, 0.4) is 0 Å². The molecule has 2 rings (SSSR count). The van der Waals surface area contributed by atoms with Gasteiger partial charge in [-0.05, 0) is 56.7 Å². The Morgan fingerprint density at radius 1 is 1.28 bits per heavy atom. The maximum absolute atomic E-state index is 11.0. The molecule has 1 aliphatic rings. The van der Waals surface area contributed by atoms with E-state index < -0.39 is 5.97 Å². The van der Waals surface area contributed by atoms with Gasteiger partial charge < -0.3 is 10.4 Å². The largest absolute Gasteiger partial charge is 0.481 e. The molecule has 0 heterocycles. The van der Waals surface area contributed by atoms with Gasteiger partial charge in [0.2, 0.25) is 0 Å². The molecule has 1 aromatic rings. The molecule has 0 aliphatic heterocycles. The third-order valence-corrected chi connectivity index (χ3v) is 3.92. The Balaban J connectivity index is 2.16. The highest BCUT2D eigenvalue weighted by Gasteiger charge is 2.21. The standard InChI is InChI=1S/C15H21NO2/c1-10(15(17)18)11(2)16-14-9-5-7-12-6-3-4-8-13(12)14/h5,7,9-11,16H,3-4,6,8H2,1-2H3,(H,17,18). The maximum Gasteiger partial charge on any atom is 0.308 e. The molecule has 1 aromatic carbocycles. The second-order valence-corrected chi connectivity index (χ2v) is 5.21. The molecule has 2 N–H and O–H groups in total. The molecule has 3 nitrogen and oxygen atoms in total. The topological polar surface area (TPSA) is 49.3 Å². The molecular formula is C15H21NO2. The lowest BCUT2D eigenvalue weighted by Gasteiger charge is -2.24. The Bertz CT molecular complexity index is 442. The van der Waals surface area contributed by atoms with Crippen molar-refractivity contribution in [3.05, 3.63) is 29.3 Å². The van der Waals surface area contributed by atoms with Crippen molar-refractivity contribution in [3.8, 4) is 0 Å². The summed E-state index contributed by atoms with van der Waals surface area (Å²) in [5.74, 6) is -1.13. The average molecular weight is 247 g/mol. The van der Waals surface area contributed by atoms with Gasteiger partial charge in [-0.15, -0.1) is 0 Å². The van der Waals surface area contributed by atoms with Gasteiger partial charge in [0.05, 0.1) is 5.92 Å². The normalized spacial score (nSPS) is 17.7. The molecule has 0 bridgehead atoms. The number of fused-ring (bicyclic) bond motifs is 1. The molecule has 0 saturated heterocycles. The van der Waals surface area contributed by atoms with Crippen LogP contribution >= 0.6 is 0 Å². The van der Waals surface area contributed by atoms with Crippen molar-refractivity contribution >= 4 is 11.7 Å². The summed E-state index contributed by atoms with van der Waals surface area (Å²) in [5.41, 5.74) is 3.92. The quantitative estimate of drug-likeness (QED) is 0.859. The number of hydrogen-bond donors (Lipinski definition) is 2. The smallest absolute Gasteiger partial charge is 0.308 e. The van der Waals surface area contributed by atoms with Gasteiger partial charge >= 0.3 is 5.97 Å². The van der Waals surface area contributed by atoms with Crippen LogP contribution in [-0.4, -0.2) is 17.1 Å². The first-order chi connectivity index (χ1) is 8.59. The van der Waals surface area contributed by atoms with Crippen LogP contribution in [0.5, 0.6) is 0 Å². The van der Waals surface area contributed by atoms with Crippen LogP contribution in [0.4, 0.5) is 5.69 Å². The third-order valence-electron chi connectivity index (χ3n) is 3.92. The van der Waals surface area contributed by atoms with Crippen molar-refractivity contribution in [1.29, 1.82) is 0 Å². The van der Waals surface area contributed by atoms with Gasteiger partial charge in [0.25, 0.3) is 0 Å². The second kappa shape index (κ2) is 5.42. The number of anilines is 1. The highest BCUT2D eigenvalue weighted by molar-refractivity contribution is 5.71. The minimum absolute atomic E-state index is 0.0593. The highest BCUT2D eigenvalue weighted by Crippen LogP contribution is 2.28. The summed E-state index contributed by atoms with van der Waals surface area (Å²) in [5, 5.41) is 12.4. The Morgan fingerprint density at radius 2 is 2.00 bits per heavy atom. The molecule has 0 spiro atoms. The van der Waals surface area contributed by atoms with Crippen molar-refractivity contribution in [3.63, 3.8) is 0 Å². The van der Waals surface area contributed by atoms with Gasteiger partial charge in [-0.1, -0.05) is 12.1 Å². The summed E-state index contributed by atoms with van der Waals surface area (Å²) in [6.45, 7) is 3.68. The van der Waals surface area contributed by atoms with E-state index in [1.54, 1.807) is 6.92 Å². The molecule has 0 aromatic heterocycles. The van der Waals surface area contributed by atoms with E-state index in [9.17, 15) is 4.79 Å². The van der Waals surface area contributed by atoms with Crippen LogP contribution in [0.1, 0.15) is 37.8 Å². The Labute approximate surface area is 108 Å². The molecule has 0 radical (unpaired) electrons. The maximum atomic E-state index is 11.0. The lowest BCUT2D eigenvalue weighted by molar-refractivity contribution is -0.141. The minimum Gasteiger partial charge on any atom is -0.481 e. The van der Waals surface area contributed by atoms with Crippen molar-refractivity contribution < 1.29 is 9.90 Å². The lowest BCUT2D eigenvalue weighted by atomic mass is 9.90. The first-order valence-electron chi connectivity index (χ1n) is 6.69. The number of hydrogen-bond acceptors (Lipinski definition) is 2. The van der Waals surface area contributed by atoms with Crippen molar-refractivity contribution in [1.82, 2.24) is 0 Å². The number of aryl methyl sites for hydroxylation is 1. The van der Waals surface area contributed by atoms with Crippen LogP contribution in [-0.2, 0) is 17.6 Å². The first-order valence-corrected chi connectivity index (χ1v) is 6.69. The van der Waals surface area contributed by atoms with Crippen LogP contribution in [0.25, 0.3) is 0 Å². The van der Waals surface area contributed by atoms with Crippen LogP contribution in [0.15, 0.2) is 18.2 Å². The first kappa shape index (κ1) is 12.9. The molecule has 0 saturated carbocycles. The number of rotatable bonds is 4. The Hall–Kier alpha value is -1.51. The monoisotopic (exact) mass is 247 g/mol. The molecule has 18 heavy (non-hydrogen) atoms. The molecule has 0 fully saturated rings. The van der Waals surface area contributed by atoms with Gasteiger partial charge in [0.1, 0.15) is 0 Å². The molecule has 98 valence electrons. The number of carboxylic acids is 1. The predicted molar refractivity (Wildman–Crippen MR) is 73.0 cm³/mol. The van der Waals surface area contributed by atoms with Gasteiger partial charge in [0.15, 0.2) is 0 Å². The van der Waals surface area contributed by atoms with Crippen LogP contribution in [0.2, 0.25) is 0 Å². The SMILES string of the molecule is CC(Nc1cccc2c1CCCC2)C(C)C(=O)O. The van der Waals surface area contributed by atoms with Crippen LogP contribution < -0.4 is 5.32 Å². The summed E-state index contributed by atoms with van der Waals surface area (Å²) in [4.78, 5) is 11.0. The van der Waals surface area contributed by atoms with E-state index in [4.69, 9.17) is 5.11 Å². The zero-order valence-electron chi connectivity index (χ0n) is 11.1. The fourth-order valence-electron chi connectivity index (χ4n) is 2.50. The number of carbonyl (C=O) groups is 1. The van der Waals surface area contributed by atoms with E-state index in [2.05, 4.69) is 23.5 Å². The van der Waals surface area contributed by atoms with E-state index in [-0.39, 0.29) is 12.0 Å². The molecular weight excluding hydrogens is 226 g/mol. The highest BCUT2D eigenvalue weighted by atomic mass is 16.4. The van der Waals surface area contributed by atoms with Gasteiger partial charge in [-0.3, -0.25) is 4.79 Å². The van der Waals surface area contributed by atoms with Crippen LogP contribution in [0, 0.1) is 5.92 Å². The minimum atomic E-state index is -0.750. The van der Waals surface area contributed by atoms with E-state index in [1.807, 2.05) is 6.92 Å². The van der Waals surface area contributed by atoms with E-state index in [0.717, 1.165) is 18.5 Å². The molecule has 1 aliphatic carbocycles. The molecule has 2 atom stereocenters. The second-order valence-electron chi connectivity index (χ2n) is 5.21. The number of nitrogens with one attached hydrogen (secondary N) is 1. The number of benzene rings is 1. The fraction of sp³-hybridized carbons (Fsp3) is 0.533. The summed E-state index contributed by atoms with van der Waals surface area (Å²) in [6.07, 6.45) is 4.74. The van der Waals surface area contributed by atoms with E-state index in [1.165, 1.54) is 24.0 Å². The molecule has 0 amide bonds. The number of aliphatic carboxylic acids is 1. The predicted octanol–water partition coefficient (Wildman–Crippen LogP) is 3.09. The Morgan fingerprint density at radius 3 is 2.72 bits per heavy atom. The summed E-state index contributed by atoms with van der Waals surface area (Å²) in [6, 6.07) is 6.25. The van der Waals surface area contributed by atoms with E-state index >= 15 is 0 Å². The van der Waals surface area contributed by atoms with Crippen molar-refractivity contribution in [2.75, 3.05) is 5.32 Å². The van der Waals surface area contributed by atoms with E-state index in [0.29, 0.717) is 0 Å². The zero-order valence-corrected chi connectivity index (χ0v) is 11.1. The zero-order chi connectivity index (χ0) is 13.1. The van der Waals surface area contributed by atoms with Gasteiger partial charge in [0, 0.05) is 11.7 Å². The van der Waals surface area contributed by atoms with Crippen molar-refractivity contribution in [2.24, 2.45) is 5.92 Å². The number of carboxylic acid groups (broad SMARTS) is 1. The Kier molecular flexibility index (Phi) is 3.90. The van der Waals surface area contributed by atoms with Gasteiger partial charge in [-0.25, -0.2) is 0 Å². The fourth-order valence-corrected chi connectivity index (χ4v) is 2.50.